The molecule has 1 atom stereocenters. The minimum absolute atomic E-state index is 0.00711. The van der Waals surface area contributed by atoms with Crippen LogP contribution < -0.4 is 11.0 Å². The van der Waals surface area contributed by atoms with E-state index >= 15 is 0 Å². The van der Waals surface area contributed by atoms with E-state index in [0.29, 0.717) is 38.3 Å². The largest absolute Gasteiger partial charge is 0.379 e. The molecule has 0 spiro atoms. The molecule has 0 radical (unpaired) electrons. The number of carbonyl (C=O) groups excluding carboxylic acids is 1. The fraction of sp³-hybridized carbons (Fsp3) is 0.800. The van der Waals surface area contributed by atoms with Gasteiger partial charge in [0.25, 0.3) is 5.91 Å². The van der Waals surface area contributed by atoms with Crippen molar-refractivity contribution in [2.24, 2.45) is 5.41 Å². The summed E-state index contributed by atoms with van der Waals surface area (Å²) in [6.07, 6.45) is 1.79. The number of amides is 1. The first-order valence-corrected chi connectivity index (χ1v) is 8.06. The molecule has 0 bridgehead atoms. The highest BCUT2D eigenvalue weighted by Gasteiger charge is 2.42. The maximum Gasteiger partial charge on any atom is 0.340 e. The molecule has 1 fully saturated rings. The van der Waals surface area contributed by atoms with Crippen molar-refractivity contribution in [3.63, 3.8) is 0 Å². The van der Waals surface area contributed by atoms with Gasteiger partial charge in [-0.1, -0.05) is 20.8 Å². The summed E-state index contributed by atoms with van der Waals surface area (Å²) in [5, 5.41) is 19.9. The Labute approximate surface area is 135 Å². The van der Waals surface area contributed by atoms with Crippen molar-refractivity contribution >= 4 is 5.91 Å². The highest BCUT2D eigenvalue weighted by Crippen LogP contribution is 2.25. The van der Waals surface area contributed by atoms with Gasteiger partial charge in [-0.2, -0.15) is 5.10 Å². The molecule has 8 nitrogen and oxygen atoms in total. The molecule has 1 aliphatic heterocycles. The van der Waals surface area contributed by atoms with E-state index in [1.807, 2.05) is 0 Å². The number of rotatable bonds is 6. The monoisotopic (exact) mass is 325 g/mol. The molecule has 0 saturated carbocycles. The summed E-state index contributed by atoms with van der Waals surface area (Å²) in [6, 6.07) is 0. The lowest BCUT2D eigenvalue weighted by molar-refractivity contribution is -0.158. The Bertz CT molecular complexity index is 588. The summed E-state index contributed by atoms with van der Waals surface area (Å²) in [4.78, 5) is 27.8. The van der Waals surface area contributed by atoms with Gasteiger partial charge in [-0.05, 0) is 18.3 Å². The van der Waals surface area contributed by atoms with Gasteiger partial charge in [-0.3, -0.25) is 9.78 Å². The fourth-order valence-electron chi connectivity index (χ4n) is 2.88. The Kier molecular flexibility index (Phi) is 5.26. The van der Waals surface area contributed by atoms with Crippen molar-refractivity contribution in [2.75, 3.05) is 26.2 Å². The van der Waals surface area contributed by atoms with E-state index in [9.17, 15) is 14.7 Å². The van der Waals surface area contributed by atoms with Crippen LogP contribution in [0.3, 0.4) is 0 Å². The summed E-state index contributed by atoms with van der Waals surface area (Å²) in [5.74, 6) is 0.359. The lowest BCUT2D eigenvalue weighted by Crippen LogP contribution is -2.59. The average molecular weight is 325 g/mol. The molecule has 0 aromatic carbocycles. The molecular weight excluding hydrogens is 298 g/mol. The van der Waals surface area contributed by atoms with Crippen molar-refractivity contribution in [3.05, 3.63) is 16.3 Å². The van der Waals surface area contributed by atoms with Crippen LogP contribution >= 0.6 is 0 Å². The highest BCUT2D eigenvalue weighted by atomic mass is 16.3. The SMILES string of the molecule is CC(C)(C)CN1CCCC(O)(CNCCc2n[nH]c(=O)[nH]2)C1=O. The average Bonchev–Trinajstić information content (AvgIpc) is 2.85. The number of likely N-dealkylation sites (tertiary alicyclic amines) is 1. The zero-order chi connectivity index (χ0) is 17.1. The molecule has 2 rings (SSSR count). The predicted octanol–water partition coefficient (Wildman–Crippen LogP) is -0.370. The molecule has 1 amide bonds. The lowest BCUT2D eigenvalue weighted by atomic mass is 9.88. The van der Waals surface area contributed by atoms with Crippen LogP contribution in [0.1, 0.15) is 39.4 Å². The van der Waals surface area contributed by atoms with Gasteiger partial charge in [0, 0.05) is 32.6 Å². The number of carbonyl (C=O) groups is 1. The van der Waals surface area contributed by atoms with E-state index in [4.69, 9.17) is 0 Å². The molecule has 4 N–H and O–H groups in total. The van der Waals surface area contributed by atoms with Gasteiger partial charge in [0.05, 0.1) is 0 Å². The third-order valence-corrected chi connectivity index (χ3v) is 3.88. The summed E-state index contributed by atoms with van der Waals surface area (Å²) in [7, 11) is 0. The zero-order valence-electron chi connectivity index (χ0n) is 14.1. The molecule has 23 heavy (non-hydrogen) atoms. The summed E-state index contributed by atoms with van der Waals surface area (Å²) in [5.41, 5.74) is -1.67. The fourth-order valence-corrected chi connectivity index (χ4v) is 2.88. The number of aromatic amines is 2. The Hall–Kier alpha value is -1.67. The normalized spacial score (nSPS) is 22.6. The van der Waals surface area contributed by atoms with Crippen LogP contribution in [0.15, 0.2) is 4.79 Å². The van der Waals surface area contributed by atoms with Crippen LogP contribution in [0.25, 0.3) is 0 Å². The number of aromatic nitrogens is 3. The molecule has 0 aliphatic carbocycles. The molecule has 1 unspecified atom stereocenters. The van der Waals surface area contributed by atoms with Gasteiger partial charge in [-0.15, -0.1) is 0 Å². The second-order valence-electron chi connectivity index (χ2n) is 7.47. The minimum atomic E-state index is -1.34. The third-order valence-electron chi connectivity index (χ3n) is 3.88. The molecule has 130 valence electrons. The maximum atomic E-state index is 12.6. The van der Waals surface area contributed by atoms with E-state index in [2.05, 4.69) is 41.3 Å². The lowest BCUT2D eigenvalue weighted by Gasteiger charge is -2.41. The van der Waals surface area contributed by atoms with Gasteiger partial charge in [0.2, 0.25) is 0 Å². The molecule has 2 heterocycles. The summed E-state index contributed by atoms with van der Waals surface area (Å²) in [6.45, 7) is 8.32. The Morgan fingerprint density at radius 2 is 2.13 bits per heavy atom. The molecule has 1 saturated heterocycles. The van der Waals surface area contributed by atoms with E-state index < -0.39 is 5.60 Å². The second-order valence-corrected chi connectivity index (χ2v) is 7.47. The number of hydrogen-bond donors (Lipinski definition) is 4. The maximum absolute atomic E-state index is 12.6. The van der Waals surface area contributed by atoms with Crippen molar-refractivity contribution in [1.82, 2.24) is 25.4 Å². The van der Waals surface area contributed by atoms with Crippen LogP contribution in [0.5, 0.6) is 0 Å². The Morgan fingerprint density at radius 3 is 2.74 bits per heavy atom. The quantitative estimate of drug-likeness (QED) is 0.533. The second kappa shape index (κ2) is 6.84. The Morgan fingerprint density at radius 1 is 1.39 bits per heavy atom. The van der Waals surface area contributed by atoms with Crippen molar-refractivity contribution < 1.29 is 9.90 Å². The third kappa shape index (κ3) is 4.90. The van der Waals surface area contributed by atoms with Crippen molar-refractivity contribution in [2.45, 2.75) is 45.6 Å². The molecule has 8 heteroatoms. The minimum Gasteiger partial charge on any atom is -0.379 e. The van der Waals surface area contributed by atoms with Gasteiger partial charge in [0.15, 0.2) is 5.60 Å². The van der Waals surface area contributed by atoms with Crippen molar-refractivity contribution in [3.8, 4) is 0 Å². The number of aliphatic hydroxyl groups is 1. The van der Waals surface area contributed by atoms with E-state index in [1.165, 1.54) is 0 Å². The standard InChI is InChI=1S/C15H27N5O3/c1-14(2,3)10-20-8-4-6-15(23,12(20)21)9-16-7-5-11-17-13(22)19-18-11/h16,23H,4-10H2,1-3H3,(H2,17,18,19,22). The first-order valence-electron chi connectivity index (χ1n) is 8.06. The number of nitrogens with one attached hydrogen (secondary N) is 3. The van der Waals surface area contributed by atoms with Crippen LogP contribution in [0, 0.1) is 5.41 Å². The molecular formula is C15H27N5O3. The molecule has 1 aliphatic rings. The number of H-pyrrole nitrogens is 2. The Balaban J connectivity index is 1.84. The van der Waals surface area contributed by atoms with Gasteiger partial charge in [-0.25, -0.2) is 9.89 Å². The molecule has 1 aromatic rings. The first kappa shape index (κ1) is 17.7. The van der Waals surface area contributed by atoms with Gasteiger partial charge < -0.3 is 15.3 Å². The summed E-state index contributed by atoms with van der Waals surface area (Å²) < 4.78 is 0. The van der Waals surface area contributed by atoms with Crippen LogP contribution in [-0.2, 0) is 11.2 Å². The van der Waals surface area contributed by atoms with Crippen LogP contribution in [0.4, 0.5) is 0 Å². The van der Waals surface area contributed by atoms with Crippen LogP contribution in [0.2, 0.25) is 0 Å². The van der Waals surface area contributed by atoms with E-state index in [0.717, 1.165) is 6.42 Å². The topological polar surface area (TPSA) is 114 Å². The van der Waals surface area contributed by atoms with E-state index in [-0.39, 0.29) is 23.6 Å². The molecule has 1 aromatic heterocycles. The highest BCUT2D eigenvalue weighted by molar-refractivity contribution is 5.86. The summed E-state index contributed by atoms with van der Waals surface area (Å²) >= 11 is 0. The number of nitrogens with zero attached hydrogens (tertiary/aromatic N) is 2. The zero-order valence-corrected chi connectivity index (χ0v) is 14.1. The predicted molar refractivity (Wildman–Crippen MR) is 86.0 cm³/mol. The smallest absolute Gasteiger partial charge is 0.340 e. The number of piperidine rings is 1. The van der Waals surface area contributed by atoms with Crippen LogP contribution in [-0.4, -0.2) is 62.9 Å². The van der Waals surface area contributed by atoms with Gasteiger partial charge >= 0.3 is 5.69 Å². The van der Waals surface area contributed by atoms with E-state index in [1.54, 1.807) is 4.90 Å². The van der Waals surface area contributed by atoms with Gasteiger partial charge in [0.1, 0.15) is 5.82 Å². The van der Waals surface area contributed by atoms with Crippen molar-refractivity contribution in [1.29, 1.82) is 0 Å². The first-order chi connectivity index (χ1) is 10.7. The number of hydrogen-bond acceptors (Lipinski definition) is 5.